The van der Waals surface area contributed by atoms with Crippen LogP contribution in [-0.2, 0) is 38.1 Å². The van der Waals surface area contributed by atoms with Gasteiger partial charge in [-0.25, -0.2) is 4.79 Å². The molecule has 4 heterocycles. The lowest BCUT2D eigenvalue weighted by Gasteiger charge is -2.53. The highest BCUT2D eigenvalue weighted by Crippen LogP contribution is 2.83. The van der Waals surface area contributed by atoms with E-state index < -0.39 is 34.8 Å². The van der Waals surface area contributed by atoms with E-state index in [4.69, 9.17) is 28.8 Å². The lowest BCUT2D eigenvalue weighted by molar-refractivity contribution is -0.170. The molecule has 3 saturated heterocycles. The Morgan fingerprint density at radius 1 is 1.18 bits per heavy atom. The number of cyclic esters (lactones) is 1. The van der Waals surface area contributed by atoms with Gasteiger partial charge in [-0.05, 0) is 36.7 Å². The maximum atomic E-state index is 12.7. The van der Waals surface area contributed by atoms with Gasteiger partial charge < -0.3 is 28.8 Å². The van der Waals surface area contributed by atoms with Gasteiger partial charge in [0.15, 0.2) is 11.7 Å². The van der Waals surface area contributed by atoms with E-state index in [1.165, 1.54) is 0 Å². The Morgan fingerprint density at radius 3 is 2.70 bits per heavy atom. The number of rotatable bonds is 5. The fourth-order valence-corrected chi connectivity index (χ4v) is 8.24. The molecule has 0 aromatic heterocycles. The summed E-state index contributed by atoms with van der Waals surface area (Å²) >= 11 is 0. The highest BCUT2D eigenvalue weighted by molar-refractivity contribution is 5.92. The van der Waals surface area contributed by atoms with E-state index in [1.807, 2.05) is 13.8 Å². The fourth-order valence-electron chi connectivity index (χ4n) is 8.24. The Labute approximate surface area is 190 Å². The Kier molecular flexibility index (Phi) is 3.59. The third kappa shape index (κ3) is 2.06. The molecule has 0 amide bonds. The number of carbonyl (C=O) groups excluding carboxylic acids is 2. The van der Waals surface area contributed by atoms with Crippen LogP contribution in [0.1, 0.15) is 52.9 Å². The maximum Gasteiger partial charge on any atom is 0.334 e. The molecule has 7 aliphatic rings. The van der Waals surface area contributed by atoms with Crippen molar-refractivity contribution in [2.45, 2.75) is 94.1 Å². The second-order valence-electron chi connectivity index (χ2n) is 11.3. The number of hydrogen-bond donors (Lipinski definition) is 1. The summed E-state index contributed by atoms with van der Waals surface area (Å²) in [7, 11) is 0. The first kappa shape index (κ1) is 20.4. The SMILES string of the molecule is CC(C)[C@]12O[C@H]1[C@@H]1O[C@@]13[C@@]1(C)CCC4=C(COC4=O)[C@@H]1C[C@@H]1O[C@@]13C2OC(=O)CCC(=O)O. The Hall–Kier alpha value is -1.97. The molecule has 33 heavy (non-hydrogen) atoms. The first-order valence-electron chi connectivity index (χ1n) is 12.0. The monoisotopic (exact) mass is 460 g/mol. The van der Waals surface area contributed by atoms with Gasteiger partial charge in [-0.2, -0.15) is 0 Å². The van der Waals surface area contributed by atoms with E-state index in [2.05, 4.69) is 6.92 Å². The molecule has 0 bridgehead atoms. The van der Waals surface area contributed by atoms with Gasteiger partial charge in [0.05, 0.1) is 18.9 Å². The summed E-state index contributed by atoms with van der Waals surface area (Å²) in [4.78, 5) is 36.0. The molecule has 178 valence electrons. The van der Waals surface area contributed by atoms with Gasteiger partial charge in [0.1, 0.15) is 30.0 Å². The fraction of sp³-hybridized carbons (Fsp3) is 0.792. The summed E-state index contributed by atoms with van der Waals surface area (Å²) in [5.74, 6) is -1.63. The molecule has 2 saturated carbocycles. The minimum atomic E-state index is -1.04. The third-order valence-electron chi connectivity index (χ3n) is 9.86. The van der Waals surface area contributed by atoms with E-state index in [9.17, 15) is 14.4 Å². The maximum absolute atomic E-state index is 12.7. The van der Waals surface area contributed by atoms with Crippen LogP contribution >= 0.6 is 0 Å². The van der Waals surface area contributed by atoms with Crippen LogP contribution < -0.4 is 0 Å². The van der Waals surface area contributed by atoms with Crippen LogP contribution in [0.3, 0.4) is 0 Å². The summed E-state index contributed by atoms with van der Waals surface area (Å²) in [6.45, 7) is 6.65. The van der Waals surface area contributed by atoms with Crippen molar-refractivity contribution in [3.63, 3.8) is 0 Å². The summed E-state index contributed by atoms with van der Waals surface area (Å²) < 4.78 is 30.9. The van der Waals surface area contributed by atoms with Crippen molar-refractivity contribution in [3.05, 3.63) is 11.1 Å². The van der Waals surface area contributed by atoms with Crippen LogP contribution in [0.2, 0.25) is 0 Å². The third-order valence-corrected chi connectivity index (χ3v) is 9.86. The van der Waals surface area contributed by atoms with Gasteiger partial charge in [-0.15, -0.1) is 0 Å². The van der Waals surface area contributed by atoms with Gasteiger partial charge in [0.25, 0.3) is 0 Å². The zero-order valence-corrected chi connectivity index (χ0v) is 18.9. The molecule has 9 heteroatoms. The molecule has 0 radical (unpaired) electrons. The van der Waals surface area contributed by atoms with E-state index in [1.54, 1.807) is 0 Å². The first-order valence-corrected chi connectivity index (χ1v) is 12.0. The zero-order valence-electron chi connectivity index (χ0n) is 18.9. The van der Waals surface area contributed by atoms with Gasteiger partial charge in [-0.3, -0.25) is 9.59 Å². The molecular weight excluding hydrogens is 432 g/mol. The second-order valence-corrected chi connectivity index (χ2v) is 11.3. The quantitative estimate of drug-likeness (QED) is 0.480. The van der Waals surface area contributed by atoms with Crippen molar-refractivity contribution in [1.29, 1.82) is 0 Å². The highest BCUT2D eigenvalue weighted by Gasteiger charge is 3.01. The van der Waals surface area contributed by atoms with Crippen molar-refractivity contribution >= 4 is 17.9 Å². The summed E-state index contributed by atoms with van der Waals surface area (Å²) in [6.07, 6.45) is 0.464. The number of carboxylic acid groups (broad SMARTS) is 1. The first-order chi connectivity index (χ1) is 15.6. The molecule has 0 aromatic carbocycles. The number of carbonyl (C=O) groups is 3. The molecular formula is C24H28O9. The number of esters is 2. The van der Waals surface area contributed by atoms with Crippen LogP contribution in [0.25, 0.3) is 0 Å². The second kappa shape index (κ2) is 5.80. The number of fused-ring (bicyclic) bond motifs is 4. The van der Waals surface area contributed by atoms with Crippen LogP contribution in [0.5, 0.6) is 0 Å². The lowest BCUT2D eigenvalue weighted by atomic mass is 9.46. The molecule has 5 fully saturated rings. The van der Waals surface area contributed by atoms with Gasteiger partial charge >= 0.3 is 17.9 Å². The van der Waals surface area contributed by atoms with E-state index >= 15 is 0 Å². The summed E-state index contributed by atoms with van der Waals surface area (Å²) in [5, 5.41) is 9.00. The molecule has 3 aliphatic carbocycles. The topological polar surface area (TPSA) is 127 Å². The molecule has 2 spiro atoms. The molecule has 9 atom stereocenters. The lowest BCUT2D eigenvalue weighted by Crippen LogP contribution is -2.70. The van der Waals surface area contributed by atoms with Gasteiger partial charge in [-0.1, -0.05) is 20.8 Å². The van der Waals surface area contributed by atoms with Crippen molar-refractivity contribution in [2.75, 3.05) is 6.61 Å². The van der Waals surface area contributed by atoms with Gasteiger partial charge in [0, 0.05) is 11.0 Å². The minimum Gasteiger partial charge on any atom is -0.481 e. The number of carboxylic acids is 1. The van der Waals surface area contributed by atoms with Crippen molar-refractivity contribution < 1.29 is 43.2 Å². The highest BCUT2D eigenvalue weighted by atomic mass is 16.8. The normalized spacial score (nSPS) is 51.9. The zero-order chi connectivity index (χ0) is 23.1. The molecule has 7 rings (SSSR count). The predicted octanol–water partition coefficient (Wildman–Crippen LogP) is 1.52. The molecule has 1 N–H and O–H groups in total. The minimum absolute atomic E-state index is 0.0632. The number of epoxide rings is 3. The standard InChI is InChI=1S/C24H28O9/c1-10(2)22-17(32-22)18-24(33-18)21(3)7-6-11-12(9-29-19(11)28)13(21)8-14-23(24,31-14)20(22)30-16(27)5-4-15(25)26/h10,13-14,17-18,20H,4-9H2,1-3H3,(H,25,26)/t13-,14-,17-,18-,20?,21-,22-,23+,24+/m0/s1. The molecule has 1 unspecified atom stereocenters. The van der Waals surface area contributed by atoms with E-state index in [0.29, 0.717) is 19.4 Å². The summed E-state index contributed by atoms with van der Waals surface area (Å²) in [6, 6.07) is 0. The number of aliphatic carboxylic acids is 1. The Morgan fingerprint density at radius 2 is 1.97 bits per heavy atom. The average Bonchev–Trinajstić information content (AvgIpc) is 3.65. The predicted molar refractivity (Wildman–Crippen MR) is 108 cm³/mol. The molecule has 0 aromatic rings. The van der Waals surface area contributed by atoms with Crippen LogP contribution in [0.15, 0.2) is 11.1 Å². The average molecular weight is 460 g/mol. The Bertz CT molecular complexity index is 1050. The van der Waals surface area contributed by atoms with Crippen LogP contribution in [0.4, 0.5) is 0 Å². The number of ether oxygens (including phenoxy) is 5. The van der Waals surface area contributed by atoms with E-state index in [-0.39, 0.29) is 54.4 Å². The van der Waals surface area contributed by atoms with Gasteiger partial charge in [0.2, 0.25) is 0 Å². The van der Waals surface area contributed by atoms with Crippen molar-refractivity contribution in [1.82, 2.24) is 0 Å². The number of hydrogen-bond acceptors (Lipinski definition) is 8. The van der Waals surface area contributed by atoms with Crippen LogP contribution in [-0.4, -0.2) is 70.8 Å². The smallest absolute Gasteiger partial charge is 0.334 e. The van der Waals surface area contributed by atoms with Crippen molar-refractivity contribution in [2.24, 2.45) is 17.3 Å². The van der Waals surface area contributed by atoms with Crippen LogP contribution in [0, 0.1) is 17.3 Å². The largest absolute Gasteiger partial charge is 0.481 e. The summed E-state index contributed by atoms with van der Waals surface area (Å²) in [5.41, 5.74) is -0.569. The van der Waals surface area contributed by atoms with E-state index in [0.717, 1.165) is 17.6 Å². The van der Waals surface area contributed by atoms with Crippen molar-refractivity contribution in [3.8, 4) is 0 Å². The Balaban J connectivity index is 1.29. The molecule has 4 aliphatic heterocycles. The molecule has 9 nitrogen and oxygen atoms in total.